The number of benzene rings is 1. The average molecular weight is 392 g/mol. The second-order valence-electron chi connectivity index (χ2n) is 6.77. The van der Waals surface area contributed by atoms with Gasteiger partial charge in [0.15, 0.2) is 0 Å². The Bertz CT molecular complexity index is 1090. The fraction of sp³-hybridized carbons (Fsp3) is 0.333. The van der Waals surface area contributed by atoms with E-state index in [-0.39, 0.29) is 10.5 Å². The van der Waals surface area contributed by atoms with E-state index in [0.29, 0.717) is 27.5 Å². The maximum atomic E-state index is 12.6. The molecule has 0 radical (unpaired) electrons. The number of hydrogen-bond acceptors (Lipinski definition) is 5. The van der Waals surface area contributed by atoms with Crippen LogP contribution in [0.5, 0.6) is 0 Å². The van der Waals surface area contributed by atoms with E-state index in [0.717, 1.165) is 16.3 Å². The Morgan fingerprint density at radius 2 is 1.85 bits per heavy atom. The van der Waals surface area contributed by atoms with E-state index in [9.17, 15) is 13.2 Å². The Labute approximate surface area is 156 Å². The largest absolute Gasteiger partial charge is 0.306 e. The number of fused-ring (bicyclic) bond motifs is 1. The highest BCUT2D eigenvalue weighted by molar-refractivity contribution is 7.89. The van der Waals surface area contributed by atoms with E-state index in [4.69, 9.17) is 0 Å². The van der Waals surface area contributed by atoms with Gasteiger partial charge in [-0.25, -0.2) is 17.7 Å². The molecule has 26 heavy (non-hydrogen) atoms. The number of sulfonamides is 1. The van der Waals surface area contributed by atoms with Gasteiger partial charge in [0.1, 0.15) is 10.7 Å². The maximum absolute atomic E-state index is 12.6. The van der Waals surface area contributed by atoms with Crippen molar-refractivity contribution in [1.29, 1.82) is 0 Å². The van der Waals surface area contributed by atoms with Crippen LogP contribution in [-0.4, -0.2) is 36.8 Å². The predicted molar refractivity (Wildman–Crippen MR) is 105 cm³/mol. The zero-order chi connectivity index (χ0) is 19.1. The molecule has 0 saturated carbocycles. The minimum absolute atomic E-state index is 0.160. The highest BCUT2D eigenvalue weighted by atomic mass is 32.2. The molecule has 8 heteroatoms. The number of hydrogen-bond donors (Lipinski definition) is 1. The summed E-state index contributed by atoms with van der Waals surface area (Å²) < 4.78 is 25.5. The number of aromatic nitrogens is 2. The van der Waals surface area contributed by atoms with Crippen LogP contribution < -0.4 is 5.56 Å². The van der Waals surface area contributed by atoms with Crippen LogP contribution in [0, 0.1) is 5.92 Å². The molecule has 0 fully saturated rings. The first-order chi connectivity index (χ1) is 12.2. The van der Waals surface area contributed by atoms with Crippen LogP contribution in [0.4, 0.5) is 0 Å². The molecule has 3 rings (SSSR count). The van der Waals surface area contributed by atoms with Crippen molar-refractivity contribution < 1.29 is 8.42 Å². The quantitative estimate of drug-likeness (QED) is 0.724. The van der Waals surface area contributed by atoms with Gasteiger partial charge in [0.05, 0.1) is 10.3 Å². The maximum Gasteiger partial charge on any atom is 0.260 e. The molecular formula is C18H21N3O3S2. The lowest BCUT2D eigenvalue weighted by Crippen LogP contribution is -2.22. The van der Waals surface area contributed by atoms with Crippen molar-refractivity contribution in [3.63, 3.8) is 0 Å². The van der Waals surface area contributed by atoms with Gasteiger partial charge in [-0.15, -0.1) is 11.3 Å². The number of H-pyrrole nitrogens is 1. The molecule has 138 valence electrons. The van der Waals surface area contributed by atoms with Gasteiger partial charge in [0.2, 0.25) is 10.0 Å². The van der Waals surface area contributed by atoms with E-state index in [1.807, 2.05) is 5.38 Å². The summed E-state index contributed by atoms with van der Waals surface area (Å²) in [5.74, 6) is 0.896. The number of rotatable bonds is 5. The number of aromatic amines is 1. The average Bonchev–Trinajstić information content (AvgIpc) is 2.97. The zero-order valence-electron chi connectivity index (χ0n) is 15.1. The minimum atomic E-state index is -3.48. The standard InChI is InChI=1S/C18H21N3O3S2/c1-11(2)9-13-10-25-18-15(13)17(22)19-16(20-18)12-5-7-14(8-6-12)26(23,24)21(3)4/h5-8,10-11H,9H2,1-4H3,(H,19,20,22). The van der Waals surface area contributed by atoms with Crippen molar-refractivity contribution in [2.75, 3.05) is 14.1 Å². The van der Waals surface area contributed by atoms with Crippen molar-refractivity contribution in [3.8, 4) is 11.4 Å². The Kier molecular flexibility index (Phi) is 5.01. The van der Waals surface area contributed by atoms with E-state index < -0.39 is 10.0 Å². The third-order valence-corrected chi connectivity index (χ3v) is 6.80. The molecule has 0 atom stereocenters. The fourth-order valence-corrected chi connectivity index (χ4v) is 4.58. The first-order valence-corrected chi connectivity index (χ1v) is 10.6. The molecule has 1 aromatic carbocycles. The molecule has 6 nitrogen and oxygen atoms in total. The summed E-state index contributed by atoms with van der Waals surface area (Å²) in [5.41, 5.74) is 1.53. The van der Waals surface area contributed by atoms with Gasteiger partial charge in [0, 0.05) is 19.7 Å². The Morgan fingerprint density at radius 3 is 2.42 bits per heavy atom. The zero-order valence-corrected chi connectivity index (χ0v) is 16.7. The molecule has 0 bridgehead atoms. The third kappa shape index (κ3) is 3.44. The molecule has 2 heterocycles. The van der Waals surface area contributed by atoms with Gasteiger partial charge >= 0.3 is 0 Å². The van der Waals surface area contributed by atoms with Crippen molar-refractivity contribution in [2.45, 2.75) is 25.2 Å². The summed E-state index contributed by atoms with van der Waals surface area (Å²) in [6.45, 7) is 4.23. The third-order valence-electron chi connectivity index (χ3n) is 4.05. The van der Waals surface area contributed by atoms with E-state index in [1.165, 1.54) is 37.6 Å². The monoisotopic (exact) mass is 391 g/mol. The molecule has 1 N–H and O–H groups in total. The Morgan fingerprint density at radius 1 is 1.19 bits per heavy atom. The van der Waals surface area contributed by atoms with Crippen molar-refractivity contribution in [2.24, 2.45) is 5.92 Å². The summed E-state index contributed by atoms with van der Waals surface area (Å²) in [5, 5.41) is 2.64. The highest BCUT2D eigenvalue weighted by Gasteiger charge is 2.18. The highest BCUT2D eigenvalue weighted by Crippen LogP contribution is 2.26. The van der Waals surface area contributed by atoms with Crippen LogP contribution >= 0.6 is 11.3 Å². The molecule has 0 aliphatic rings. The lowest BCUT2D eigenvalue weighted by molar-refractivity contribution is 0.521. The fourth-order valence-electron chi connectivity index (χ4n) is 2.73. The van der Waals surface area contributed by atoms with Gasteiger partial charge < -0.3 is 4.98 Å². The Hall–Kier alpha value is -2.03. The molecule has 0 saturated heterocycles. The van der Waals surface area contributed by atoms with Gasteiger partial charge in [-0.05, 0) is 47.5 Å². The number of thiophene rings is 1. The number of nitrogens with one attached hydrogen (secondary N) is 1. The molecule has 3 aromatic rings. The van der Waals surface area contributed by atoms with Crippen LogP contribution in [0.15, 0.2) is 39.3 Å². The summed E-state index contributed by atoms with van der Waals surface area (Å²) >= 11 is 1.46. The summed E-state index contributed by atoms with van der Waals surface area (Å²) in [6.07, 6.45) is 0.835. The summed E-state index contributed by atoms with van der Waals surface area (Å²) in [7, 11) is -0.508. The first-order valence-electron chi connectivity index (χ1n) is 8.23. The van der Waals surface area contributed by atoms with Crippen LogP contribution in [-0.2, 0) is 16.4 Å². The topological polar surface area (TPSA) is 83.1 Å². The first kappa shape index (κ1) is 18.8. The SMILES string of the molecule is CC(C)Cc1csc2nc(-c3ccc(S(=O)(=O)N(C)C)cc3)[nH]c(=O)c12. The smallest absolute Gasteiger partial charge is 0.260 e. The normalized spacial score (nSPS) is 12.4. The summed E-state index contributed by atoms with van der Waals surface area (Å²) in [4.78, 5) is 20.8. The van der Waals surface area contributed by atoms with E-state index in [2.05, 4.69) is 23.8 Å². The second kappa shape index (κ2) is 6.94. The lowest BCUT2D eigenvalue weighted by Gasteiger charge is -2.11. The van der Waals surface area contributed by atoms with Crippen molar-refractivity contribution in [1.82, 2.24) is 14.3 Å². The predicted octanol–water partition coefficient (Wildman–Crippen LogP) is 3.10. The molecule has 2 aromatic heterocycles. The molecule has 0 aliphatic carbocycles. The molecule has 0 spiro atoms. The number of nitrogens with zero attached hydrogens (tertiary/aromatic N) is 2. The van der Waals surface area contributed by atoms with Crippen LogP contribution in [0.25, 0.3) is 21.6 Å². The summed E-state index contributed by atoms with van der Waals surface area (Å²) in [6, 6.07) is 6.35. The molecule has 0 aliphatic heterocycles. The molecular weight excluding hydrogens is 370 g/mol. The Balaban J connectivity index is 2.03. The van der Waals surface area contributed by atoms with Gasteiger partial charge in [-0.2, -0.15) is 0 Å². The van der Waals surface area contributed by atoms with Crippen LogP contribution in [0.1, 0.15) is 19.4 Å². The molecule has 0 unspecified atom stereocenters. The second-order valence-corrected chi connectivity index (χ2v) is 9.78. The van der Waals surface area contributed by atoms with Crippen LogP contribution in [0.2, 0.25) is 0 Å². The van der Waals surface area contributed by atoms with Crippen molar-refractivity contribution >= 4 is 31.6 Å². The van der Waals surface area contributed by atoms with Gasteiger partial charge in [-0.1, -0.05) is 13.8 Å². The van der Waals surface area contributed by atoms with E-state index in [1.54, 1.807) is 12.1 Å². The minimum Gasteiger partial charge on any atom is -0.306 e. The van der Waals surface area contributed by atoms with Gasteiger partial charge in [-0.3, -0.25) is 4.79 Å². The van der Waals surface area contributed by atoms with Crippen molar-refractivity contribution in [3.05, 3.63) is 45.6 Å². The van der Waals surface area contributed by atoms with E-state index >= 15 is 0 Å². The van der Waals surface area contributed by atoms with Crippen LogP contribution in [0.3, 0.4) is 0 Å². The van der Waals surface area contributed by atoms with Gasteiger partial charge in [0.25, 0.3) is 5.56 Å². The lowest BCUT2D eigenvalue weighted by atomic mass is 10.0. The molecule has 0 amide bonds.